The molecule has 1 aliphatic heterocycles. The number of rotatable bonds is 4. The summed E-state index contributed by atoms with van der Waals surface area (Å²) in [5, 5.41) is 5.81. The number of piperazine rings is 1. The van der Waals surface area contributed by atoms with Crippen LogP contribution in [-0.4, -0.2) is 75.4 Å². The van der Waals surface area contributed by atoms with Gasteiger partial charge >= 0.3 is 6.09 Å². The van der Waals surface area contributed by atoms with Crippen molar-refractivity contribution in [3.63, 3.8) is 0 Å². The normalized spacial score (nSPS) is 16.7. The first-order valence-electron chi connectivity index (χ1n) is 11.0. The van der Waals surface area contributed by atoms with E-state index >= 15 is 0 Å². The van der Waals surface area contributed by atoms with E-state index in [1.165, 1.54) is 29.6 Å². The smallest absolute Gasteiger partial charge is 0.410 e. The van der Waals surface area contributed by atoms with E-state index in [0.717, 1.165) is 0 Å². The fourth-order valence-electron chi connectivity index (χ4n) is 3.94. The van der Waals surface area contributed by atoms with Crippen molar-refractivity contribution in [3.8, 4) is 11.4 Å². The van der Waals surface area contributed by atoms with Crippen LogP contribution in [-0.2, 0) is 4.74 Å². The van der Waals surface area contributed by atoms with Crippen LogP contribution in [0.3, 0.4) is 0 Å². The number of nitrogens with zero attached hydrogens (tertiary/aromatic N) is 6. The number of amides is 1. The monoisotopic (exact) mass is 488 g/mol. The number of anilines is 1. The molecular weight excluding hydrogens is 459 g/mol. The first-order valence-corrected chi connectivity index (χ1v) is 12.2. The van der Waals surface area contributed by atoms with Gasteiger partial charge in [0.05, 0.1) is 12.5 Å². The quantitative estimate of drug-likeness (QED) is 0.400. The summed E-state index contributed by atoms with van der Waals surface area (Å²) in [6, 6.07) is 4.61. The molecule has 182 valence electrons. The van der Waals surface area contributed by atoms with E-state index in [9.17, 15) is 9.18 Å². The highest BCUT2D eigenvalue weighted by atomic mass is 32.2. The van der Waals surface area contributed by atoms with Crippen LogP contribution in [0.4, 0.5) is 15.0 Å². The fourth-order valence-corrected chi connectivity index (χ4v) is 4.30. The van der Waals surface area contributed by atoms with E-state index in [1.807, 2.05) is 34.0 Å². The predicted molar refractivity (Wildman–Crippen MR) is 130 cm³/mol. The number of para-hydroxylation sites is 1. The third-order valence-electron chi connectivity index (χ3n) is 5.47. The number of hydrogen-bond acceptors (Lipinski definition) is 8. The minimum absolute atomic E-state index is 0.0274. The molecule has 1 aromatic carbocycles. The number of methoxy groups -OCH3 is 1. The molecule has 11 heteroatoms. The molecule has 0 aliphatic carbocycles. The minimum Gasteiger partial charge on any atom is -0.494 e. The number of ether oxygens (including phenoxy) is 2. The molecule has 0 saturated carbocycles. The van der Waals surface area contributed by atoms with E-state index < -0.39 is 11.4 Å². The summed E-state index contributed by atoms with van der Waals surface area (Å²) in [6.45, 7) is 9.15. The predicted octanol–water partition coefficient (Wildman–Crippen LogP) is 4.13. The van der Waals surface area contributed by atoms with Crippen LogP contribution in [0, 0.1) is 5.82 Å². The molecule has 0 radical (unpaired) electrons. The lowest BCUT2D eigenvalue weighted by Gasteiger charge is -2.40. The molecule has 1 saturated heterocycles. The van der Waals surface area contributed by atoms with Gasteiger partial charge in [-0.25, -0.2) is 23.8 Å². The third kappa shape index (κ3) is 4.75. The zero-order valence-electron chi connectivity index (χ0n) is 20.2. The third-order valence-corrected chi connectivity index (χ3v) is 6.02. The molecule has 0 spiro atoms. The summed E-state index contributed by atoms with van der Waals surface area (Å²) in [4.78, 5) is 25.7. The average molecular weight is 489 g/mol. The molecule has 1 atom stereocenters. The Balaban J connectivity index is 1.70. The van der Waals surface area contributed by atoms with Crippen molar-refractivity contribution < 1.29 is 18.7 Å². The summed E-state index contributed by atoms with van der Waals surface area (Å²) < 4.78 is 27.0. The van der Waals surface area contributed by atoms with Crippen molar-refractivity contribution in [2.45, 2.75) is 44.5 Å². The number of aromatic nitrogens is 4. The maximum absolute atomic E-state index is 14.7. The number of fused-ring (bicyclic) bond motifs is 1. The van der Waals surface area contributed by atoms with Crippen molar-refractivity contribution in [1.29, 1.82) is 0 Å². The molecule has 1 fully saturated rings. The Morgan fingerprint density at radius 2 is 2.00 bits per heavy atom. The number of hydrogen-bond donors (Lipinski definition) is 0. The molecule has 9 nitrogen and oxygen atoms in total. The van der Waals surface area contributed by atoms with Crippen molar-refractivity contribution >= 4 is 34.7 Å². The molecule has 0 N–H and O–H groups in total. The van der Waals surface area contributed by atoms with E-state index in [-0.39, 0.29) is 17.8 Å². The van der Waals surface area contributed by atoms with Crippen LogP contribution >= 0.6 is 11.8 Å². The van der Waals surface area contributed by atoms with Gasteiger partial charge in [0.1, 0.15) is 22.9 Å². The second-order valence-corrected chi connectivity index (χ2v) is 9.88. The molecule has 0 unspecified atom stereocenters. The van der Waals surface area contributed by atoms with Gasteiger partial charge in [0.25, 0.3) is 0 Å². The Labute approximate surface area is 202 Å². The zero-order chi connectivity index (χ0) is 24.6. The highest BCUT2D eigenvalue weighted by molar-refractivity contribution is 7.98. The van der Waals surface area contributed by atoms with Gasteiger partial charge in [0.2, 0.25) is 0 Å². The van der Waals surface area contributed by atoms with Crippen molar-refractivity contribution in [1.82, 2.24) is 24.6 Å². The number of carbonyl (C=O) groups excluding carboxylic acids is 1. The van der Waals surface area contributed by atoms with Crippen molar-refractivity contribution in [2.24, 2.45) is 0 Å². The lowest BCUT2D eigenvalue weighted by atomic mass is 10.1. The lowest BCUT2D eigenvalue weighted by molar-refractivity contribution is 0.0218. The lowest BCUT2D eigenvalue weighted by Crippen LogP contribution is -2.54. The summed E-state index contributed by atoms with van der Waals surface area (Å²) in [7, 11) is 1.49. The molecular formula is C23H29FN6O3S. The first kappa shape index (κ1) is 24.1. The molecule has 1 aliphatic rings. The number of halogens is 1. The summed E-state index contributed by atoms with van der Waals surface area (Å²) in [6.07, 6.45) is 3.30. The molecule has 0 bridgehead atoms. The first-order chi connectivity index (χ1) is 16.1. The van der Waals surface area contributed by atoms with Crippen LogP contribution in [0.15, 0.2) is 29.6 Å². The number of carbonyl (C=O) groups is 1. The van der Waals surface area contributed by atoms with Crippen LogP contribution < -0.4 is 9.64 Å². The largest absolute Gasteiger partial charge is 0.494 e. The minimum atomic E-state index is -0.550. The standard InChI is InChI=1S/C23H29FN6O3S/c1-14-12-28(22(31)33-23(2,3)4)10-11-29(14)20-15-13-30(27-19(15)25-21(26-20)34-6)18-16(24)8-7-9-17(18)32-5/h7-9,13-14H,10-12H2,1-6H3/t14-/m0/s1. The molecule has 1 amide bonds. The van der Waals surface area contributed by atoms with E-state index in [1.54, 1.807) is 23.2 Å². The van der Waals surface area contributed by atoms with Gasteiger partial charge in [0, 0.05) is 31.9 Å². The van der Waals surface area contributed by atoms with Gasteiger partial charge in [-0.15, -0.1) is 5.10 Å². The molecule has 2 aromatic heterocycles. The van der Waals surface area contributed by atoms with Crippen LogP contribution in [0.25, 0.3) is 16.7 Å². The van der Waals surface area contributed by atoms with Gasteiger partial charge < -0.3 is 19.3 Å². The van der Waals surface area contributed by atoms with Crippen LogP contribution in [0.2, 0.25) is 0 Å². The van der Waals surface area contributed by atoms with E-state index in [0.29, 0.717) is 47.4 Å². The Bertz CT molecular complexity index is 1210. The maximum Gasteiger partial charge on any atom is 0.410 e. The van der Waals surface area contributed by atoms with E-state index in [2.05, 4.69) is 15.0 Å². The number of thioether (sulfide) groups is 1. The van der Waals surface area contributed by atoms with Crippen molar-refractivity contribution in [2.75, 3.05) is 37.9 Å². The van der Waals surface area contributed by atoms with Gasteiger partial charge in [-0.2, -0.15) is 0 Å². The van der Waals surface area contributed by atoms with Gasteiger partial charge in [-0.1, -0.05) is 17.8 Å². The summed E-state index contributed by atoms with van der Waals surface area (Å²) >= 11 is 1.41. The topological polar surface area (TPSA) is 85.6 Å². The maximum atomic E-state index is 14.7. The Hall–Kier alpha value is -3.08. The SMILES string of the molecule is COc1cccc(F)c1-n1cc2c(N3CCN(C(=O)OC(C)(C)C)C[C@@H]3C)nc(SC)nc2n1. The second kappa shape index (κ2) is 9.28. The second-order valence-electron chi connectivity index (χ2n) is 9.10. The average Bonchev–Trinajstić information content (AvgIpc) is 3.20. The summed E-state index contributed by atoms with van der Waals surface area (Å²) in [5.74, 6) is 0.616. The van der Waals surface area contributed by atoms with E-state index in [4.69, 9.17) is 14.5 Å². The highest BCUT2D eigenvalue weighted by Gasteiger charge is 2.32. The Kier molecular flexibility index (Phi) is 6.57. The highest BCUT2D eigenvalue weighted by Crippen LogP contribution is 2.32. The molecule has 34 heavy (non-hydrogen) atoms. The molecule has 4 rings (SSSR count). The van der Waals surface area contributed by atoms with Gasteiger partial charge in [-0.05, 0) is 46.1 Å². The van der Waals surface area contributed by atoms with Crippen LogP contribution in [0.1, 0.15) is 27.7 Å². The molecule has 3 aromatic rings. The van der Waals surface area contributed by atoms with Gasteiger partial charge in [0.15, 0.2) is 16.6 Å². The van der Waals surface area contributed by atoms with Crippen molar-refractivity contribution in [3.05, 3.63) is 30.2 Å². The summed E-state index contributed by atoms with van der Waals surface area (Å²) in [5.41, 5.74) is 0.121. The van der Waals surface area contributed by atoms with Crippen LogP contribution in [0.5, 0.6) is 5.75 Å². The van der Waals surface area contributed by atoms with Gasteiger partial charge in [-0.3, -0.25) is 0 Å². The number of benzene rings is 1. The molecule has 3 heterocycles. The Morgan fingerprint density at radius 1 is 1.24 bits per heavy atom. The fraction of sp³-hybridized carbons (Fsp3) is 0.478. The zero-order valence-corrected chi connectivity index (χ0v) is 21.0. The Morgan fingerprint density at radius 3 is 2.65 bits per heavy atom.